The van der Waals surface area contributed by atoms with E-state index in [0.29, 0.717) is 6.61 Å². The van der Waals surface area contributed by atoms with E-state index in [0.717, 1.165) is 13.0 Å². The molecule has 3 N–H and O–H groups in total. The van der Waals surface area contributed by atoms with Crippen molar-refractivity contribution >= 4 is 16.9 Å². The van der Waals surface area contributed by atoms with Crippen molar-refractivity contribution < 1.29 is 4.74 Å². The maximum Gasteiger partial charge on any atom is 0.151 e. The Morgan fingerprint density at radius 2 is 2.12 bits per heavy atom. The number of benzene rings is 1. The van der Waals surface area contributed by atoms with Gasteiger partial charge in [0.1, 0.15) is 0 Å². The van der Waals surface area contributed by atoms with Crippen LogP contribution in [0.5, 0.6) is 0 Å². The number of hydrogen-bond donors (Lipinski definition) is 2. The van der Waals surface area contributed by atoms with Gasteiger partial charge >= 0.3 is 0 Å². The van der Waals surface area contributed by atoms with Gasteiger partial charge in [0.25, 0.3) is 0 Å². The molecule has 0 bridgehead atoms. The normalized spacial score (nSPS) is 12.3. The molecule has 0 aromatic heterocycles. The third kappa shape index (κ3) is 4.68. The molecule has 16 heavy (non-hydrogen) atoms. The number of amidine groups is 1. The van der Waals surface area contributed by atoms with E-state index in [1.165, 1.54) is 17.3 Å². The van der Waals surface area contributed by atoms with E-state index in [-0.39, 0.29) is 10.4 Å². The first kappa shape index (κ1) is 13.1. The Hall–Kier alpha value is -1.00. The third-order valence-corrected chi connectivity index (χ3v) is 3.22. The maximum absolute atomic E-state index is 7.35. The molecule has 1 atom stereocenters. The molecule has 0 aliphatic rings. The summed E-state index contributed by atoms with van der Waals surface area (Å²) in [7, 11) is 0. The van der Waals surface area contributed by atoms with Crippen molar-refractivity contribution in [1.82, 2.24) is 0 Å². The van der Waals surface area contributed by atoms with Crippen molar-refractivity contribution in [3.8, 4) is 0 Å². The molecule has 4 heteroatoms. The summed E-state index contributed by atoms with van der Waals surface area (Å²) in [6.45, 7) is 3.41. The second-order valence-corrected chi connectivity index (χ2v) is 4.61. The Labute approximate surface area is 101 Å². The van der Waals surface area contributed by atoms with Gasteiger partial charge in [-0.15, -0.1) is 0 Å². The first-order chi connectivity index (χ1) is 7.74. The van der Waals surface area contributed by atoms with Gasteiger partial charge in [-0.3, -0.25) is 5.41 Å². The van der Waals surface area contributed by atoms with Gasteiger partial charge in [-0.05, 0) is 18.9 Å². The van der Waals surface area contributed by atoms with E-state index in [9.17, 15) is 0 Å². The lowest BCUT2D eigenvalue weighted by Gasteiger charge is -2.15. The number of rotatable bonds is 6. The minimum atomic E-state index is 0.158. The minimum Gasteiger partial charge on any atom is -0.382 e. The Morgan fingerprint density at radius 1 is 1.44 bits per heavy atom. The Bertz CT molecular complexity index is 316. The highest BCUT2D eigenvalue weighted by atomic mass is 32.2. The molecule has 0 unspecified atom stereocenters. The summed E-state index contributed by atoms with van der Waals surface area (Å²) in [6, 6.07) is 10.1. The predicted octanol–water partition coefficient (Wildman–Crippen LogP) is 2.78. The molecule has 0 saturated carbocycles. The van der Waals surface area contributed by atoms with E-state index in [1.54, 1.807) is 0 Å². The quantitative estimate of drug-likeness (QED) is 0.455. The van der Waals surface area contributed by atoms with Crippen LogP contribution in [-0.2, 0) is 4.74 Å². The molecule has 88 valence electrons. The molecular formula is C12H18N2OS. The molecule has 0 spiro atoms. The summed E-state index contributed by atoms with van der Waals surface area (Å²) >= 11 is 1.38. The highest BCUT2D eigenvalue weighted by molar-refractivity contribution is 8.13. The topological polar surface area (TPSA) is 59.1 Å². The molecular weight excluding hydrogens is 220 g/mol. The van der Waals surface area contributed by atoms with Gasteiger partial charge in [-0.1, -0.05) is 42.1 Å². The first-order valence-corrected chi connectivity index (χ1v) is 6.25. The Morgan fingerprint density at radius 3 is 2.69 bits per heavy atom. The van der Waals surface area contributed by atoms with E-state index < -0.39 is 0 Å². The summed E-state index contributed by atoms with van der Waals surface area (Å²) in [5, 5.41) is 7.73. The zero-order chi connectivity index (χ0) is 11.8. The van der Waals surface area contributed by atoms with Gasteiger partial charge in [0.2, 0.25) is 0 Å². The van der Waals surface area contributed by atoms with Crippen LogP contribution in [0.15, 0.2) is 30.3 Å². The molecule has 0 aliphatic heterocycles. The molecule has 1 aromatic rings. The van der Waals surface area contributed by atoms with Crippen molar-refractivity contribution in [3.63, 3.8) is 0 Å². The van der Waals surface area contributed by atoms with Crippen LogP contribution in [0.25, 0.3) is 0 Å². The van der Waals surface area contributed by atoms with Crippen LogP contribution >= 0.6 is 11.8 Å². The second-order valence-electron chi connectivity index (χ2n) is 3.37. The molecule has 1 rings (SSSR count). The highest BCUT2D eigenvalue weighted by Gasteiger charge is 2.13. The zero-order valence-electron chi connectivity index (χ0n) is 9.48. The maximum atomic E-state index is 7.35. The Kier molecular flexibility index (Phi) is 5.96. The first-order valence-electron chi connectivity index (χ1n) is 5.37. The number of ether oxygens (including phenoxy) is 1. The zero-order valence-corrected chi connectivity index (χ0v) is 10.3. The van der Waals surface area contributed by atoms with Crippen LogP contribution in [-0.4, -0.2) is 18.4 Å². The summed E-state index contributed by atoms with van der Waals surface area (Å²) in [5.74, 6) is 0. The van der Waals surface area contributed by atoms with E-state index >= 15 is 0 Å². The fourth-order valence-corrected chi connectivity index (χ4v) is 2.26. The number of hydrogen-bond acceptors (Lipinski definition) is 3. The third-order valence-electron chi connectivity index (χ3n) is 2.17. The van der Waals surface area contributed by atoms with Crippen molar-refractivity contribution in [2.45, 2.75) is 18.6 Å². The average Bonchev–Trinajstić information content (AvgIpc) is 2.29. The monoisotopic (exact) mass is 238 g/mol. The van der Waals surface area contributed by atoms with E-state index in [2.05, 4.69) is 12.1 Å². The fraction of sp³-hybridized carbons (Fsp3) is 0.417. The standard InChI is InChI=1S/C12H18N2OS/c1-2-15-9-8-11(16-12(13)14)10-6-4-3-5-7-10/h3-7,11H,2,8-9H2,1H3,(H3,13,14)/t11-/m1/s1. The van der Waals surface area contributed by atoms with Crippen LogP contribution in [0.3, 0.4) is 0 Å². The van der Waals surface area contributed by atoms with Gasteiger partial charge in [0.05, 0.1) is 0 Å². The predicted molar refractivity (Wildman–Crippen MR) is 69.8 cm³/mol. The summed E-state index contributed by atoms with van der Waals surface area (Å²) in [6.07, 6.45) is 0.877. The van der Waals surface area contributed by atoms with Gasteiger partial charge in [0.15, 0.2) is 5.17 Å². The smallest absolute Gasteiger partial charge is 0.151 e. The second kappa shape index (κ2) is 7.30. The Balaban J connectivity index is 2.60. The minimum absolute atomic E-state index is 0.158. The number of nitrogens with two attached hydrogens (primary N) is 1. The molecule has 0 saturated heterocycles. The molecule has 0 amide bonds. The lowest BCUT2D eigenvalue weighted by atomic mass is 10.1. The van der Waals surface area contributed by atoms with Gasteiger partial charge in [0, 0.05) is 18.5 Å². The summed E-state index contributed by atoms with van der Waals surface area (Å²) in [4.78, 5) is 0. The van der Waals surface area contributed by atoms with Crippen molar-refractivity contribution in [3.05, 3.63) is 35.9 Å². The molecule has 0 aliphatic carbocycles. The summed E-state index contributed by atoms with van der Waals surface area (Å²) in [5.41, 5.74) is 6.64. The largest absolute Gasteiger partial charge is 0.382 e. The number of nitrogens with one attached hydrogen (secondary N) is 1. The molecule has 0 heterocycles. The summed E-state index contributed by atoms with van der Waals surface area (Å²) < 4.78 is 5.34. The van der Waals surface area contributed by atoms with E-state index in [1.807, 2.05) is 25.1 Å². The van der Waals surface area contributed by atoms with Crippen LogP contribution in [0.1, 0.15) is 24.2 Å². The van der Waals surface area contributed by atoms with Crippen LogP contribution in [0, 0.1) is 5.41 Å². The lowest BCUT2D eigenvalue weighted by molar-refractivity contribution is 0.144. The van der Waals surface area contributed by atoms with Crippen molar-refractivity contribution in [1.29, 1.82) is 5.41 Å². The van der Waals surface area contributed by atoms with Crippen molar-refractivity contribution in [2.75, 3.05) is 13.2 Å². The SMILES string of the molecule is CCOCC[C@@H](SC(=N)N)c1ccccc1. The van der Waals surface area contributed by atoms with Gasteiger partial charge < -0.3 is 10.5 Å². The van der Waals surface area contributed by atoms with Crippen LogP contribution in [0.2, 0.25) is 0 Å². The van der Waals surface area contributed by atoms with Gasteiger partial charge in [-0.25, -0.2) is 0 Å². The van der Waals surface area contributed by atoms with Crippen LogP contribution < -0.4 is 5.73 Å². The molecule has 3 nitrogen and oxygen atoms in total. The number of thioether (sulfide) groups is 1. The van der Waals surface area contributed by atoms with E-state index in [4.69, 9.17) is 15.9 Å². The molecule has 0 fully saturated rings. The fourth-order valence-electron chi connectivity index (χ4n) is 1.45. The molecule has 1 aromatic carbocycles. The molecule has 0 radical (unpaired) electrons. The lowest BCUT2D eigenvalue weighted by Crippen LogP contribution is -2.09. The highest BCUT2D eigenvalue weighted by Crippen LogP contribution is 2.31. The van der Waals surface area contributed by atoms with Crippen LogP contribution in [0.4, 0.5) is 0 Å². The average molecular weight is 238 g/mol. The van der Waals surface area contributed by atoms with Crippen molar-refractivity contribution in [2.24, 2.45) is 5.73 Å². The van der Waals surface area contributed by atoms with Gasteiger partial charge in [-0.2, -0.15) is 0 Å².